The molecule has 132 valence electrons. The highest BCUT2D eigenvalue weighted by molar-refractivity contribution is 5.96. The Morgan fingerprint density at radius 3 is 2.84 bits per heavy atom. The molecule has 1 aromatic heterocycles. The van der Waals surface area contributed by atoms with E-state index in [1.165, 1.54) is 0 Å². The summed E-state index contributed by atoms with van der Waals surface area (Å²) in [4.78, 5) is 23.9. The van der Waals surface area contributed by atoms with Gasteiger partial charge < -0.3 is 29.8 Å². The lowest BCUT2D eigenvalue weighted by Gasteiger charge is -2.15. The fourth-order valence-corrected chi connectivity index (χ4v) is 2.39. The third kappa shape index (κ3) is 3.49. The van der Waals surface area contributed by atoms with Crippen molar-refractivity contribution in [2.45, 2.75) is 19.9 Å². The van der Waals surface area contributed by atoms with Crippen molar-refractivity contribution in [3.63, 3.8) is 0 Å². The van der Waals surface area contributed by atoms with Crippen LogP contribution in [0, 0.1) is 6.92 Å². The van der Waals surface area contributed by atoms with Gasteiger partial charge in [-0.3, -0.25) is 4.79 Å². The molecule has 1 aliphatic heterocycles. The van der Waals surface area contributed by atoms with Gasteiger partial charge in [-0.1, -0.05) is 11.2 Å². The van der Waals surface area contributed by atoms with Gasteiger partial charge in [0.1, 0.15) is 5.56 Å². The number of fused-ring (bicyclic) bond motifs is 1. The number of anilines is 1. The summed E-state index contributed by atoms with van der Waals surface area (Å²) in [6.45, 7) is 3.09. The molecule has 0 saturated heterocycles. The summed E-state index contributed by atoms with van der Waals surface area (Å²) in [6, 6.07) is 5.09. The molecule has 1 amide bonds. The Morgan fingerprint density at radius 2 is 2.12 bits per heavy atom. The Labute approximate surface area is 143 Å². The highest BCUT2D eigenvalue weighted by Gasteiger charge is 2.22. The average Bonchev–Trinajstić information content (AvgIpc) is 3.18. The number of esters is 1. The van der Waals surface area contributed by atoms with Crippen molar-refractivity contribution < 1.29 is 28.3 Å². The van der Waals surface area contributed by atoms with Gasteiger partial charge in [0.25, 0.3) is 5.91 Å². The van der Waals surface area contributed by atoms with E-state index in [9.17, 15) is 9.59 Å². The number of ether oxygens (including phenoxy) is 3. The van der Waals surface area contributed by atoms with Crippen LogP contribution < -0.4 is 20.5 Å². The first-order valence-electron chi connectivity index (χ1n) is 7.53. The molecule has 1 aromatic carbocycles. The molecule has 3 rings (SSSR count). The Morgan fingerprint density at radius 1 is 1.36 bits per heavy atom. The lowest BCUT2D eigenvalue weighted by molar-refractivity contribution is -0.124. The van der Waals surface area contributed by atoms with Gasteiger partial charge >= 0.3 is 5.97 Å². The van der Waals surface area contributed by atoms with Crippen LogP contribution in [-0.2, 0) is 9.53 Å². The number of rotatable bonds is 5. The van der Waals surface area contributed by atoms with Crippen LogP contribution in [0.4, 0.5) is 5.88 Å². The molecule has 0 aliphatic carbocycles. The maximum atomic E-state index is 12.0. The van der Waals surface area contributed by atoms with E-state index in [0.717, 1.165) is 5.56 Å². The highest BCUT2D eigenvalue weighted by atomic mass is 16.7. The first-order chi connectivity index (χ1) is 12.0. The topological polar surface area (TPSA) is 126 Å². The molecule has 1 unspecified atom stereocenters. The highest BCUT2D eigenvalue weighted by Crippen LogP contribution is 2.34. The predicted molar refractivity (Wildman–Crippen MR) is 85.1 cm³/mol. The first-order valence-corrected chi connectivity index (χ1v) is 7.53. The van der Waals surface area contributed by atoms with E-state index >= 15 is 0 Å². The summed E-state index contributed by atoms with van der Waals surface area (Å²) in [5.41, 5.74) is 6.66. The van der Waals surface area contributed by atoms with Crippen molar-refractivity contribution in [2.24, 2.45) is 0 Å². The maximum absolute atomic E-state index is 12.0. The third-order valence-corrected chi connectivity index (χ3v) is 3.70. The van der Waals surface area contributed by atoms with Gasteiger partial charge in [-0.15, -0.1) is 0 Å². The molecule has 9 nitrogen and oxygen atoms in total. The molecule has 3 N–H and O–H groups in total. The third-order valence-electron chi connectivity index (χ3n) is 3.70. The molecule has 2 aromatic rings. The minimum Gasteiger partial charge on any atom is -0.454 e. The number of aryl methyl sites for hydroxylation is 1. The van der Waals surface area contributed by atoms with E-state index in [1.54, 1.807) is 26.0 Å². The molecule has 2 heterocycles. The van der Waals surface area contributed by atoms with Crippen LogP contribution in [0.2, 0.25) is 0 Å². The zero-order chi connectivity index (χ0) is 18.0. The number of carbonyl (C=O) groups excluding carboxylic acids is 2. The molecule has 0 fully saturated rings. The van der Waals surface area contributed by atoms with Crippen molar-refractivity contribution in [1.82, 2.24) is 10.5 Å². The number of nitrogens with two attached hydrogens (primary N) is 1. The lowest BCUT2D eigenvalue weighted by atomic mass is 10.1. The van der Waals surface area contributed by atoms with Crippen LogP contribution in [0.1, 0.15) is 34.6 Å². The number of benzene rings is 1. The number of amides is 1. The molecule has 1 aliphatic rings. The van der Waals surface area contributed by atoms with Gasteiger partial charge in [-0.05, 0) is 31.5 Å². The van der Waals surface area contributed by atoms with E-state index < -0.39 is 18.5 Å². The quantitative estimate of drug-likeness (QED) is 0.776. The minimum absolute atomic E-state index is 0.0246. The second-order valence-electron chi connectivity index (χ2n) is 5.49. The monoisotopic (exact) mass is 347 g/mol. The van der Waals surface area contributed by atoms with Gasteiger partial charge in [-0.2, -0.15) is 0 Å². The Balaban J connectivity index is 1.55. The molecular weight excluding hydrogens is 330 g/mol. The fraction of sp³-hybridized carbons (Fsp3) is 0.312. The summed E-state index contributed by atoms with van der Waals surface area (Å²) in [7, 11) is 0. The van der Waals surface area contributed by atoms with Crippen LogP contribution in [-0.4, -0.2) is 30.4 Å². The number of nitrogens with zero attached hydrogens (tertiary/aromatic N) is 1. The van der Waals surface area contributed by atoms with Crippen LogP contribution in [0.15, 0.2) is 22.7 Å². The molecule has 0 spiro atoms. The zero-order valence-electron chi connectivity index (χ0n) is 13.7. The number of hydrogen-bond donors (Lipinski definition) is 2. The van der Waals surface area contributed by atoms with Crippen molar-refractivity contribution >= 4 is 17.8 Å². The van der Waals surface area contributed by atoms with E-state index in [2.05, 4.69) is 15.0 Å². The fourth-order valence-electron chi connectivity index (χ4n) is 2.39. The molecule has 9 heteroatoms. The summed E-state index contributed by atoms with van der Waals surface area (Å²) < 4.78 is 20.2. The van der Waals surface area contributed by atoms with Gasteiger partial charge in [-0.25, -0.2) is 4.79 Å². The van der Waals surface area contributed by atoms with Crippen molar-refractivity contribution in [2.75, 3.05) is 19.1 Å². The molecule has 1 atom stereocenters. The van der Waals surface area contributed by atoms with E-state index in [0.29, 0.717) is 17.2 Å². The Kier molecular flexibility index (Phi) is 4.46. The second-order valence-corrected chi connectivity index (χ2v) is 5.49. The molecular formula is C16H17N3O6. The SMILES string of the molecule is Cc1noc(N)c1C(=O)OCC(=O)NC(C)c1ccc2c(c1)OCO2. The zero-order valence-corrected chi connectivity index (χ0v) is 13.7. The molecule has 25 heavy (non-hydrogen) atoms. The van der Waals surface area contributed by atoms with E-state index in [1.807, 2.05) is 6.07 Å². The second kappa shape index (κ2) is 6.71. The molecule has 0 radical (unpaired) electrons. The average molecular weight is 347 g/mol. The van der Waals surface area contributed by atoms with Gasteiger partial charge in [0.2, 0.25) is 12.7 Å². The summed E-state index contributed by atoms with van der Waals surface area (Å²) in [6.07, 6.45) is 0. The molecule has 0 bridgehead atoms. The van der Waals surface area contributed by atoms with Crippen LogP contribution in [0.25, 0.3) is 0 Å². The van der Waals surface area contributed by atoms with Gasteiger partial charge in [0, 0.05) is 0 Å². The predicted octanol–water partition coefficient (Wildman–Crippen LogP) is 1.33. The number of carbonyl (C=O) groups is 2. The maximum Gasteiger partial charge on any atom is 0.346 e. The van der Waals surface area contributed by atoms with Crippen molar-refractivity contribution in [3.8, 4) is 11.5 Å². The normalized spacial score (nSPS) is 13.4. The summed E-state index contributed by atoms with van der Waals surface area (Å²) >= 11 is 0. The van der Waals surface area contributed by atoms with Crippen LogP contribution >= 0.6 is 0 Å². The number of hydrogen-bond acceptors (Lipinski definition) is 8. The van der Waals surface area contributed by atoms with Crippen molar-refractivity contribution in [1.29, 1.82) is 0 Å². The first kappa shape index (κ1) is 16.6. The standard InChI is InChI=1S/C16H17N3O6/c1-8(10-3-4-11-12(5-10)24-7-23-11)18-13(20)6-22-16(21)14-9(2)19-25-15(14)17/h3-5,8H,6-7,17H2,1-2H3,(H,18,20). The van der Waals surface area contributed by atoms with Gasteiger partial charge in [0.05, 0.1) is 11.7 Å². The Bertz CT molecular complexity index is 797. The van der Waals surface area contributed by atoms with Crippen LogP contribution in [0.5, 0.6) is 11.5 Å². The molecule has 0 saturated carbocycles. The van der Waals surface area contributed by atoms with E-state index in [-0.39, 0.29) is 24.3 Å². The number of nitrogen functional groups attached to an aromatic ring is 1. The smallest absolute Gasteiger partial charge is 0.346 e. The Hall–Kier alpha value is -3.23. The van der Waals surface area contributed by atoms with Gasteiger partial charge in [0.15, 0.2) is 18.1 Å². The summed E-state index contributed by atoms with van der Waals surface area (Å²) in [5.74, 6) is -0.0636. The van der Waals surface area contributed by atoms with Crippen molar-refractivity contribution in [3.05, 3.63) is 35.0 Å². The lowest BCUT2D eigenvalue weighted by Crippen LogP contribution is -2.31. The van der Waals surface area contributed by atoms with Crippen LogP contribution in [0.3, 0.4) is 0 Å². The minimum atomic E-state index is -0.762. The number of nitrogens with one attached hydrogen (secondary N) is 1. The summed E-state index contributed by atoms with van der Waals surface area (Å²) in [5, 5.41) is 6.29. The largest absolute Gasteiger partial charge is 0.454 e. The number of aromatic nitrogens is 1. The van der Waals surface area contributed by atoms with E-state index in [4.69, 9.17) is 19.9 Å².